The Morgan fingerprint density at radius 1 is 1.00 bits per heavy atom. The van der Waals surface area contributed by atoms with E-state index in [4.69, 9.17) is 0 Å². The van der Waals surface area contributed by atoms with E-state index in [-0.39, 0.29) is 17.6 Å². The molecule has 0 bridgehead atoms. The van der Waals surface area contributed by atoms with E-state index < -0.39 is 0 Å². The van der Waals surface area contributed by atoms with Gasteiger partial charge in [-0.15, -0.1) is 11.3 Å². The molecule has 3 rings (SSSR count). The molecule has 0 spiro atoms. The van der Waals surface area contributed by atoms with Crippen LogP contribution in [0.3, 0.4) is 0 Å². The number of hydrogen-bond acceptors (Lipinski definition) is 4. The maximum absolute atomic E-state index is 12.1. The summed E-state index contributed by atoms with van der Waals surface area (Å²) in [5, 5.41) is 1.94. The zero-order valence-corrected chi connectivity index (χ0v) is 12.2. The monoisotopic (exact) mass is 309 g/mol. The molecule has 0 aliphatic carbocycles. The lowest BCUT2D eigenvalue weighted by molar-refractivity contribution is -0.119. The normalized spacial score (nSPS) is 14.3. The largest absolute Gasteiger partial charge is 0.289 e. The van der Waals surface area contributed by atoms with Gasteiger partial charge in [-0.2, -0.15) is 0 Å². The number of hydrogen-bond donors (Lipinski definition) is 0. The fraction of sp³-hybridized carbons (Fsp3) is 0. The summed E-state index contributed by atoms with van der Waals surface area (Å²) in [6, 6.07) is 10.2. The number of nitrogens with zero attached hydrogens (tertiary/aromatic N) is 1. The molecule has 4 nitrogen and oxygen atoms in total. The molecule has 0 saturated heterocycles. The van der Waals surface area contributed by atoms with Crippen LogP contribution in [-0.2, 0) is 9.59 Å². The van der Waals surface area contributed by atoms with Crippen LogP contribution in [0, 0.1) is 0 Å². The lowest BCUT2D eigenvalue weighted by Gasteiger charge is -2.13. The maximum Gasteiger partial charge on any atom is 0.258 e. The van der Waals surface area contributed by atoms with Crippen molar-refractivity contribution in [2.24, 2.45) is 0 Å². The highest BCUT2D eigenvalue weighted by atomic mass is 32.1. The van der Waals surface area contributed by atoms with Crippen molar-refractivity contribution >= 4 is 40.7 Å². The maximum atomic E-state index is 12.1. The Morgan fingerprint density at radius 3 is 2.27 bits per heavy atom. The predicted molar refractivity (Wildman–Crippen MR) is 85.8 cm³/mol. The summed E-state index contributed by atoms with van der Waals surface area (Å²) in [6.45, 7) is 0. The van der Waals surface area contributed by atoms with Crippen LogP contribution in [0.4, 0.5) is 5.69 Å². The summed E-state index contributed by atoms with van der Waals surface area (Å²) < 4.78 is 0. The van der Waals surface area contributed by atoms with Crippen LogP contribution < -0.4 is 4.90 Å². The van der Waals surface area contributed by atoms with Gasteiger partial charge in [0, 0.05) is 22.6 Å². The topological polar surface area (TPSA) is 54.5 Å². The number of anilines is 1. The van der Waals surface area contributed by atoms with E-state index in [1.165, 1.54) is 18.2 Å². The van der Waals surface area contributed by atoms with Crippen molar-refractivity contribution in [3.05, 3.63) is 70.4 Å². The van der Waals surface area contributed by atoms with Gasteiger partial charge in [0.2, 0.25) is 0 Å². The second-order valence-electron chi connectivity index (χ2n) is 4.61. The van der Waals surface area contributed by atoms with Crippen molar-refractivity contribution in [2.75, 3.05) is 4.90 Å². The van der Waals surface area contributed by atoms with Crippen molar-refractivity contribution in [3.8, 4) is 0 Å². The number of ketones is 1. The Morgan fingerprint density at radius 2 is 1.68 bits per heavy atom. The number of thiophene rings is 1. The molecular formula is C17H11NO3S. The first-order valence-electron chi connectivity index (χ1n) is 6.57. The zero-order valence-electron chi connectivity index (χ0n) is 11.4. The molecule has 1 aromatic heterocycles. The molecule has 0 atom stereocenters. The van der Waals surface area contributed by atoms with Gasteiger partial charge in [-0.05, 0) is 47.9 Å². The van der Waals surface area contributed by atoms with Crippen LogP contribution in [0.2, 0.25) is 0 Å². The molecule has 1 aliphatic heterocycles. The van der Waals surface area contributed by atoms with Crippen LogP contribution in [-0.4, -0.2) is 17.6 Å². The Bertz CT molecular complexity index is 768. The first kappa shape index (κ1) is 14.2. The van der Waals surface area contributed by atoms with Crippen LogP contribution in [0.5, 0.6) is 0 Å². The third kappa shape index (κ3) is 2.80. The molecule has 2 aromatic rings. The molecule has 0 unspecified atom stereocenters. The highest BCUT2D eigenvalue weighted by Crippen LogP contribution is 2.20. The summed E-state index contributed by atoms with van der Waals surface area (Å²) in [4.78, 5) is 37.3. The fourth-order valence-electron chi connectivity index (χ4n) is 2.07. The highest BCUT2D eigenvalue weighted by Gasteiger charge is 2.24. The minimum atomic E-state index is -0.373. The number of benzene rings is 1. The van der Waals surface area contributed by atoms with E-state index in [9.17, 15) is 14.4 Å². The molecule has 22 heavy (non-hydrogen) atoms. The first-order chi connectivity index (χ1) is 10.6. The third-order valence-electron chi connectivity index (χ3n) is 3.16. The van der Waals surface area contributed by atoms with Gasteiger partial charge in [-0.25, -0.2) is 4.90 Å². The number of imide groups is 1. The van der Waals surface area contributed by atoms with Gasteiger partial charge in [0.15, 0.2) is 5.78 Å². The van der Waals surface area contributed by atoms with Crippen molar-refractivity contribution in [2.45, 2.75) is 0 Å². The van der Waals surface area contributed by atoms with Gasteiger partial charge in [-0.3, -0.25) is 14.4 Å². The Labute approximate surface area is 131 Å². The van der Waals surface area contributed by atoms with Crippen LogP contribution in [0.1, 0.15) is 15.2 Å². The summed E-state index contributed by atoms with van der Waals surface area (Å²) in [7, 11) is 0. The number of allylic oxidation sites excluding steroid dienone is 1. The van der Waals surface area contributed by atoms with E-state index in [1.54, 1.807) is 41.7 Å². The number of carbonyl (C=O) groups is 3. The van der Waals surface area contributed by atoms with Gasteiger partial charge < -0.3 is 0 Å². The van der Waals surface area contributed by atoms with Gasteiger partial charge in [-0.1, -0.05) is 6.07 Å². The second-order valence-corrected chi connectivity index (χ2v) is 5.58. The molecular weight excluding hydrogens is 298 g/mol. The average Bonchev–Trinajstić information content (AvgIpc) is 3.15. The van der Waals surface area contributed by atoms with Crippen LogP contribution in [0.25, 0.3) is 6.08 Å². The zero-order chi connectivity index (χ0) is 15.5. The molecule has 108 valence electrons. The van der Waals surface area contributed by atoms with Gasteiger partial charge >= 0.3 is 0 Å². The molecule has 0 radical (unpaired) electrons. The molecule has 2 amide bonds. The molecule has 1 aromatic carbocycles. The first-order valence-corrected chi connectivity index (χ1v) is 7.45. The molecule has 5 heteroatoms. The summed E-state index contributed by atoms with van der Waals surface area (Å²) in [5.41, 5.74) is 0.961. The molecule has 2 heterocycles. The molecule has 0 fully saturated rings. The number of rotatable bonds is 4. The minimum absolute atomic E-state index is 0.128. The Kier molecular flexibility index (Phi) is 3.80. The lowest BCUT2D eigenvalue weighted by atomic mass is 10.1. The predicted octanol–water partition coefficient (Wildman–Crippen LogP) is 3.07. The molecule has 1 aliphatic rings. The van der Waals surface area contributed by atoms with Gasteiger partial charge in [0.1, 0.15) is 0 Å². The highest BCUT2D eigenvalue weighted by molar-refractivity contribution is 7.10. The summed E-state index contributed by atoms with van der Waals surface area (Å²) in [5.74, 6) is -0.875. The van der Waals surface area contributed by atoms with Crippen molar-refractivity contribution in [1.29, 1.82) is 0 Å². The van der Waals surface area contributed by atoms with Gasteiger partial charge in [0.05, 0.1) is 5.69 Å². The fourth-order valence-corrected chi connectivity index (χ4v) is 2.69. The smallest absolute Gasteiger partial charge is 0.258 e. The number of carbonyl (C=O) groups excluding carboxylic acids is 3. The van der Waals surface area contributed by atoms with E-state index in [0.29, 0.717) is 11.3 Å². The van der Waals surface area contributed by atoms with Gasteiger partial charge in [0.25, 0.3) is 11.8 Å². The Balaban J connectivity index is 1.75. The van der Waals surface area contributed by atoms with E-state index >= 15 is 0 Å². The van der Waals surface area contributed by atoms with Crippen LogP contribution >= 0.6 is 11.3 Å². The number of amides is 2. The minimum Gasteiger partial charge on any atom is -0.289 e. The molecule has 0 saturated carbocycles. The van der Waals surface area contributed by atoms with Crippen molar-refractivity contribution in [3.63, 3.8) is 0 Å². The lowest BCUT2D eigenvalue weighted by Crippen LogP contribution is -2.29. The molecule has 0 N–H and O–H groups in total. The van der Waals surface area contributed by atoms with E-state index in [2.05, 4.69) is 0 Å². The Hall–Kier alpha value is -2.79. The summed E-state index contributed by atoms with van der Waals surface area (Å²) in [6.07, 6.45) is 5.73. The van der Waals surface area contributed by atoms with Crippen molar-refractivity contribution < 1.29 is 14.4 Å². The van der Waals surface area contributed by atoms with E-state index in [0.717, 1.165) is 9.78 Å². The van der Waals surface area contributed by atoms with Crippen LogP contribution in [0.15, 0.2) is 60.0 Å². The second kappa shape index (κ2) is 5.91. The third-order valence-corrected chi connectivity index (χ3v) is 4.00. The van der Waals surface area contributed by atoms with E-state index in [1.807, 2.05) is 17.5 Å². The van der Waals surface area contributed by atoms with Crippen molar-refractivity contribution in [1.82, 2.24) is 0 Å². The summed E-state index contributed by atoms with van der Waals surface area (Å²) >= 11 is 1.55. The SMILES string of the molecule is O=C(/C=C/c1cccs1)c1ccc(N2C(=O)C=CC2=O)cc1. The standard InChI is InChI=1S/C17H11NO3S/c19-15(8-7-14-2-1-11-22-14)12-3-5-13(6-4-12)18-16(20)9-10-17(18)21/h1-11H/b8-7+. The average molecular weight is 309 g/mol. The quantitative estimate of drug-likeness (QED) is 0.495.